The second kappa shape index (κ2) is 5.16. The van der Waals surface area contributed by atoms with Crippen LogP contribution in [0.2, 0.25) is 0 Å². The van der Waals surface area contributed by atoms with Gasteiger partial charge in [-0.15, -0.1) is 11.3 Å². The summed E-state index contributed by atoms with van der Waals surface area (Å²) in [6.45, 7) is 3.81. The summed E-state index contributed by atoms with van der Waals surface area (Å²) in [6.07, 6.45) is 0. The lowest BCUT2D eigenvalue weighted by Crippen LogP contribution is -2.07. The number of para-hydroxylation sites is 1. The minimum atomic E-state index is -0.481. The molecule has 0 amide bonds. The van der Waals surface area contributed by atoms with E-state index in [1.54, 1.807) is 0 Å². The SMILES string of the molecule is C=C(C(=O)OCC=S)c1nc2ccccc2s1. The zero-order chi connectivity index (χ0) is 12.3. The minimum Gasteiger partial charge on any atom is -0.457 e. The predicted octanol–water partition coefficient (Wildman–Crippen LogP) is 2.85. The summed E-state index contributed by atoms with van der Waals surface area (Å²) in [5, 5.41) is 1.93. The Labute approximate surface area is 108 Å². The van der Waals surface area contributed by atoms with Crippen molar-refractivity contribution >= 4 is 50.7 Å². The summed E-state index contributed by atoms with van der Waals surface area (Å²) in [5.74, 6) is -0.481. The van der Waals surface area contributed by atoms with E-state index >= 15 is 0 Å². The first-order chi connectivity index (χ1) is 8.22. The molecule has 1 aromatic heterocycles. The van der Waals surface area contributed by atoms with E-state index < -0.39 is 5.97 Å². The maximum atomic E-state index is 11.6. The first-order valence-electron chi connectivity index (χ1n) is 4.88. The molecule has 2 rings (SSSR count). The summed E-state index contributed by atoms with van der Waals surface area (Å²) in [7, 11) is 0. The van der Waals surface area contributed by atoms with Crippen molar-refractivity contribution in [3.8, 4) is 0 Å². The van der Waals surface area contributed by atoms with E-state index in [4.69, 9.17) is 4.74 Å². The molecular weight excluding hydrogens is 254 g/mol. The maximum absolute atomic E-state index is 11.6. The van der Waals surface area contributed by atoms with Gasteiger partial charge in [-0.1, -0.05) is 30.9 Å². The van der Waals surface area contributed by atoms with Gasteiger partial charge >= 0.3 is 5.97 Å². The molecule has 0 aliphatic heterocycles. The highest BCUT2D eigenvalue weighted by atomic mass is 32.1. The monoisotopic (exact) mass is 263 g/mol. The molecule has 0 spiro atoms. The molecule has 5 heteroatoms. The number of rotatable bonds is 4. The van der Waals surface area contributed by atoms with E-state index in [-0.39, 0.29) is 12.2 Å². The molecule has 0 saturated heterocycles. The number of ether oxygens (including phenoxy) is 1. The number of benzene rings is 1. The van der Waals surface area contributed by atoms with Gasteiger partial charge in [0.2, 0.25) is 0 Å². The Hall–Kier alpha value is -1.59. The second-order valence-electron chi connectivity index (χ2n) is 3.23. The van der Waals surface area contributed by atoms with Crippen LogP contribution in [0.15, 0.2) is 30.8 Å². The van der Waals surface area contributed by atoms with Crippen molar-refractivity contribution in [3.05, 3.63) is 35.9 Å². The third-order valence-electron chi connectivity index (χ3n) is 2.08. The molecule has 0 unspecified atom stereocenters. The van der Waals surface area contributed by atoms with Crippen LogP contribution in [0, 0.1) is 0 Å². The van der Waals surface area contributed by atoms with E-state index in [2.05, 4.69) is 23.8 Å². The van der Waals surface area contributed by atoms with Crippen molar-refractivity contribution in [2.45, 2.75) is 0 Å². The molecule has 3 nitrogen and oxygen atoms in total. The molecule has 1 aromatic carbocycles. The van der Waals surface area contributed by atoms with Gasteiger partial charge in [0.05, 0.1) is 15.8 Å². The van der Waals surface area contributed by atoms with Crippen molar-refractivity contribution in [1.82, 2.24) is 4.98 Å². The molecule has 0 saturated carbocycles. The number of thiazole rings is 1. The summed E-state index contributed by atoms with van der Waals surface area (Å²) in [6, 6.07) is 7.67. The van der Waals surface area contributed by atoms with Gasteiger partial charge in [0.15, 0.2) is 0 Å². The molecule has 0 radical (unpaired) electrons. The molecule has 0 aliphatic carbocycles. The largest absolute Gasteiger partial charge is 0.457 e. The number of thiocarbonyl (C=S) groups is 1. The Morgan fingerprint density at radius 1 is 1.53 bits per heavy atom. The highest BCUT2D eigenvalue weighted by Gasteiger charge is 2.14. The minimum absolute atomic E-state index is 0.109. The smallest absolute Gasteiger partial charge is 0.340 e. The Balaban J connectivity index is 2.24. The molecule has 0 N–H and O–H groups in total. The summed E-state index contributed by atoms with van der Waals surface area (Å²) in [4.78, 5) is 15.9. The van der Waals surface area contributed by atoms with Crippen molar-refractivity contribution in [1.29, 1.82) is 0 Å². The molecule has 86 valence electrons. The van der Waals surface area contributed by atoms with Gasteiger partial charge in [-0.25, -0.2) is 9.78 Å². The van der Waals surface area contributed by atoms with Crippen molar-refractivity contribution in [2.24, 2.45) is 0 Å². The van der Waals surface area contributed by atoms with Crippen LogP contribution in [0.5, 0.6) is 0 Å². The van der Waals surface area contributed by atoms with E-state index in [0.29, 0.717) is 5.01 Å². The molecule has 0 atom stereocenters. The fourth-order valence-electron chi connectivity index (χ4n) is 1.29. The number of hydrogen-bond donors (Lipinski definition) is 0. The van der Waals surface area contributed by atoms with Gasteiger partial charge in [-0.3, -0.25) is 0 Å². The number of carbonyl (C=O) groups is 1. The fraction of sp³-hybridized carbons (Fsp3) is 0.0833. The van der Waals surface area contributed by atoms with Crippen LogP contribution in [-0.4, -0.2) is 22.9 Å². The average molecular weight is 263 g/mol. The van der Waals surface area contributed by atoms with Crippen LogP contribution < -0.4 is 0 Å². The number of aromatic nitrogens is 1. The lowest BCUT2D eigenvalue weighted by Gasteiger charge is -2.00. The van der Waals surface area contributed by atoms with Crippen LogP contribution in [0.1, 0.15) is 5.01 Å². The van der Waals surface area contributed by atoms with Crippen LogP contribution in [-0.2, 0) is 9.53 Å². The molecule has 17 heavy (non-hydrogen) atoms. The number of carbonyl (C=O) groups excluding carboxylic acids is 1. The van der Waals surface area contributed by atoms with E-state index in [9.17, 15) is 4.79 Å². The highest BCUT2D eigenvalue weighted by molar-refractivity contribution is 7.79. The third-order valence-corrected chi connectivity index (χ3v) is 3.31. The van der Waals surface area contributed by atoms with Gasteiger partial charge in [0.25, 0.3) is 0 Å². The first kappa shape index (κ1) is 11.9. The van der Waals surface area contributed by atoms with Crippen molar-refractivity contribution < 1.29 is 9.53 Å². The normalized spacial score (nSPS) is 10.1. The quantitative estimate of drug-likeness (QED) is 0.483. The van der Waals surface area contributed by atoms with Gasteiger partial charge in [0, 0.05) is 5.37 Å². The number of hydrogen-bond acceptors (Lipinski definition) is 5. The Bertz CT molecular complexity index is 556. The highest BCUT2D eigenvalue weighted by Crippen LogP contribution is 2.26. The van der Waals surface area contributed by atoms with Gasteiger partial charge in [0.1, 0.15) is 11.6 Å². The predicted molar refractivity (Wildman–Crippen MR) is 73.3 cm³/mol. The Morgan fingerprint density at radius 3 is 3.00 bits per heavy atom. The van der Waals surface area contributed by atoms with Gasteiger partial charge in [-0.2, -0.15) is 0 Å². The lowest BCUT2D eigenvalue weighted by atomic mass is 10.3. The third kappa shape index (κ3) is 2.57. The fourth-order valence-corrected chi connectivity index (χ4v) is 2.28. The van der Waals surface area contributed by atoms with Crippen LogP contribution in [0.3, 0.4) is 0 Å². The van der Waals surface area contributed by atoms with Gasteiger partial charge in [-0.05, 0) is 12.1 Å². The van der Waals surface area contributed by atoms with E-state index in [1.807, 2.05) is 24.3 Å². The molecule has 1 heterocycles. The standard InChI is InChI=1S/C12H9NO2S2/c1-8(12(14)15-6-7-16)11-13-9-4-2-3-5-10(9)17-11/h2-5,7H,1,6H2. The Kier molecular flexibility index (Phi) is 3.61. The molecule has 0 bridgehead atoms. The van der Waals surface area contributed by atoms with Gasteiger partial charge < -0.3 is 4.74 Å². The van der Waals surface area contributed by atoms with Crippen LogP contribution >= 0.6 is 23.6 Å². The van der Waals surface area contributed by atoms with E-state index in [0.717, 1.165) is 10.2 Å². The molecule has 0 fully saturated rings. The topological polar surface area (TPSA) is 39.2 Å². The molecule has 0 aliphatic rings. The molecular formula is C12H9NO2S2. The number of nitrogens with zero attached hydrogens (tertiary/aromatic N) is 1. The summed E-state index contributed by atoms with van der Waals surface area (Å²) < 4.78 is 5.89. The van der Waals surface area contributed by atoms with E-state index in [1.165, 1.54) is 16.7 Å². The zero-order valence-electron chi connectivity index (χ0n) is 8.88. The molecule has 2 aromatic rings. The second-order valence-corrected chi connectivity index (χ2v) is 4.59. The zero-order valence-corrected chi connectivity index (χ0v) is 10.5. The van der Waals surface area contributed by atoms with Crippen molar-refractivity contribution in [3.63, 3.8) is 0 Å². The first-order valence-corrected chi connectivity index (χ1v) is 6.17. The average Bonchev–Trinajstić information content (AvgIpc) is 2.78. The lowest BCUT2D eigenvalue weighted by molar-refractivity contribution is -0.134. The van der Waals surface area contributed by atoms with Crippen molar-refractivity contribution in [2.75, 3.05) is 6.61 Å². The van der Waals surface area contributed by atoms with Crippen LogP contribution in [0.4, 0.5) is 0 Å². The summed E-state index contributed by atoms with van der Waals surface area (Å²) in [5.41, 5.74) is 1.12. The maximum Gasteiger partial charge on any atom is 0.340 e. The van der Waals surface area contributed by atoms with Crippen LogP contribution in [0.25, 0.3) is 15.8 Å². The summed E-state index contributed by atoms with van der Waals surface area (Å²) >= 11 is 6.00. The number of fused-ring (bicyclic) bond motifs is 1. The number of esters is 1. The Morgan fingerprint density at radius 2 is 2.29 bits per heavy atom.